The van der Waals surface area contributed by atoms with Crippen LogP contribution in [0, 0.1) is 0 Å². The van der Waals surface area contributed by atoms with Gasteiger partial charge in [-0.3, -0.25) is 0 Å². The molecule has 1 saturated heterocycles. The number of sulfonamides is 1. The predicted octanol–water partition coefficient (Wildman–Crippen LogP) is 3.21. The Morgan fingerprint density at radius 1 is 0.839 bits per heavy atom. The van der Waals surface area contributed by atoms with Gasteiger partial charge in [0.25, 0.3) is 0 Å². The second kappa shape index (κ2) is 8.36. The van der Waals surface area contributed by atoms with E-state index in [-0.39, 0.29) is 31.9 Å². The molecule has 1 heterocycles. The lowest BCUT2D eigenvalue weighted by molar-refractivity contribution is -0.137. The van der Waals surface area contributed by atoms with Gasteiger partial charge in [0.15, 0.2) is 0 Å². The summed E-state index contributed by atoms with van der Waals surface area (Å²) in [6.45, 7) is -0.398. The Labute approximate surface area is 175 Å². The smallest absolute Gasteiger partial charge is 0.368 e. The number of alkyl halides is 5. The summed E-state index contributed by atoms with van der Waals surface area (Å²) in [6.07, 6.45) is -4.70. The highest BCUT2D eigenvalue weighted by molar-refractivity contribution is 7.91. The van der Waals surface area contributed by atoms with Crippen molar-refractivity contribution < 1.29 is 38.8 Å². The maximum atomic E-state index is 13.0. The van der Waals surface area contributed by atoms with Gasteiger partial charge in [0, 0.05) is 26.2 Å². The minimum Gasteiger partial charge on any atom is -0.368 e. The van der Waals surface area contributed by atoms with Crippen LogP contribution in [0.5, 0.6) is 0 Å². The fourth-order valence-electron chi connectivity index (χ4n) is 3.21. The molecule has 1 aliphatic heterocycles. The lowest BCUT2D eigenvalue weighted by Gasteiger charge is -2.36. The molecular formula is C18H17F5N2O4S2. The number of hydrogen-bond acceptors (Lipinski definition) is 5. The number of para-hydroxylation sites is 1. The fourth-order valence-corrected chi connectivity index (χ4v) is 5.62. The van der Waals surface area contributed by atoms with Crippen molar-refractivity contribution in [2.45, 2.75) is 21.7 Å². The largest absolute Gasteiger partial charge is 0.416 e. The van der Waals surface area contributed by atoms with E-state index in [0.29, 0.717) is 6.07 Å². The molecule has 0 unspecified atom stereocenters. The van der Waals surface area contributed by atoms with Crippen LogP contribution in [0.15, 0.2) is 58.3 Å². The molecule has 3 rings (SSSR count). The van der Waals surface area contributed by atoms with E-state index in [0.717, 1.165) is 28.6 Å². The van der Waals surface area contributed by atoms with Crippen molar-refractivity contribution in [3.8, 4) is 0 Å². The van der Waals surface area contributed by atoms with Gasteiger partial charge in [0.1, 0.15) is 0 Å². The number of piperazine rings is 1. The third-order valence-corrected chi connectivity index (χ3v) is 8.11. The molecule has 0 atom stereocenters. The van der Waals surface area contributed by atoms with Crippen molar-refractivity contribution in [1.82, 2.24) is 4.31 Å². The first-order chi connectivity index (χ1) is 14.3. The molecule has 31 heavy (non-hydrogen) atoms. The highest BCUT2D eigenvalue weighted by Crippen LogP contribution is 2.33. The molecule has 0 spiro atoms. The number of sulfone groups is 1. The Morgan fingerprint density at radius 3 is 2.03 bits per heavy atom. The Hall–Kier alpha value is -2.25. The van der Waals surface area contributed by atoms with Gasteiger partial charge in [-0.15, -0.1) is 0 Å². The summed E-state index contributed by atoms with van der Waals surface area (Å²) in [7, 11) is -9.11. The van der Waals surface area contributed by atoms with Crippen LogP contribution < -0.4 is 4.90 Å². The standard InChI is InChI=1S/C18H17F5N2O4S2/c19-17(20)30(26,27)16-7-2-1-6-15(16)24-8-10-25(11-9-24)31(28,29)14-5-3-4-13(12-14)18(21,22)23/h1-7,12,17H,8-11H2. The molecule has 0 amide bonds. The first-order valence-electron chi connectivity index (χ1n) is 8.88. The van der Waals surface area contributed by atoms with Gasteiger partial charge in [-0.25, -0.2) is 16.8 Å². The molecule has 2 aromatic carbocycles. The summed E-state index contributed by atoms with van der Waals surface area (Å²) in [5, 5.41) is 0. The van der Waals surface area contributed by atoms with Gasteiger partial charge < -0.3 is 4.90 Å². The molecule has 1 fully saturated rings. The highest BCUT2D eigenvalue weighted by Gasteiger charge is 2.35. The van der Waals surface area contributed by atoms with Crippen molar-refractivity contribution in [1.29, 1.82) is 0 Å². The van der Waals surface area contributed by atoms with E-state index >= 15 is 0 Å². The molecule has 0 saturated carbocycles. The minimum absolute atomic E-state index is 0.0129. The lowest BCUT2D eigenvalue weighted by Crippen LogP contribution is -2.49. The van der Waals surface area contributed by atoms with E-state index in [4.69, 9.17) is 0 Å². The maximum Gasteiger partial charge on any atom is 0.416 e. The van der Waals surface area contributed by atoms with Crippen LogP contribution in [0.2, 0.25) is 0 Å². The Kier molecular flexibility index (Phi) is 6.31. The zero-order valence-electron chi connectivity index (χ0n) is 15.8. The third-order valence-electron chi connectivity index (χ3n) is 4.78. The normalized spacial score (nSPS) is 16.6. The van der Waals surface area contributed by atoms with E-state index in [2.05, 4.69) is 0 Å². The zero-order valence-corrected chi connectivity index (χ0v) is 17.4. The van der Waals surface area contributed by atoms with E-state index in [1.807, 2.05) is 0 Å². The highest BCUT2D eigenvalue weighted by atomic mass is 32.2. The summed E-state index contributed by atoms with van der Waals surface area (Å²) in [5.74, 6) is -3.61. The molecular weight excluding hydrogens is 467 g/mol. The molecule has 13 heteroatoms. The summed E-state index contributed by atoms with van der Waals surface area (Å²) in [5.41, 5.74) is -1.09. The molecule has 170 valence electrons. The number of rotatable bonds is 5. The second-order valence-corrected chi connectivity index (χ2v) is 10.5. The van der Waals surface area contributed by atoms with Gasteiger partial charge in [-0.05, 0) is 30.3 Å². The number of benzene rings is 2. The summed E-state index contributed by atoms with van der Waals surface area (Å²) in [4.78, 5) is 0.364. The van der Waals surface area contributed by atoms with Crippen LogP contribution in [0.4, 0.5) is 27.6 Å². The molecule has 0 N–H and O–H groups in total. The summed E-state index contributed by atoms with van der Waals surface area (Å²) in [6, 6.07) is 8.51. The van der Waals surface area contributed by atoms with Crippen molar-refractivity contribution in [3.05, 3.63) is 54.1 Å². The topological polar surface area (TPSA) is 74.8 Å². The summed E-state index contributed by atoms with van der Waals surface area (Å²) < 4.78 is 115. The Bertz CT molecular complexity index is 1160. The summed E-state index contributed by atoms with van der Waals surface area (Å²) >= 11 is 0. The second-order valence-electron chi connectivity index (χ2n) is 6.69. The lowest BCUT2D eigenvalue weighted by atomic mass is 10.2. The van der Waals surface area contributed by atoms with Gasteiger partial charge in [-0.2, -0.15) is 26.3 Å². The van der Waals surface area contributed by atoms with Gasteiger partial charge in [0.05, 0.1) is 21.0 Å². The van der Waals surface area contributed by atoms with Crippen molar-refractivity contribution >= 4 is 25.5 Å². The van der Waals surface area contributed by atoms with Crippen LogP contribution in [0.25, 0.3) is 0 Å². The Morgan fingerprint density at radius 2 is 1.45 bits per heavy atom. The SMILES string of the molecule is O=S(=O)(c1ccccc1N1CCN(S(=O)(=O)c2cccc(C(F)(F)F)c2)CC1)C(F)F. The van der Waals surface area contributed by atoms with Crippen molar-refractivity contribution in [3.63, 3.8) is 0 Å². The van der Waals surface area contributed by atoms with Crippen molar-refractivity contribution in [2.24, 2.45) is 0 Å². The number of hydrogen-bond donors (Lipinski definition) is 0. The van der Waals surface area contributed by atoms with Crippen LogP contribution in [0.1, 0.15) is 5.56 Å². The maximum absolute atomic E-state index is 13.0. The van der Waals surface area contributed by atoms with E-state index in [9.17, 15) is 38.8 Å². The van der Waals surface area contributed by atoms with Gasteiger partial charge >= 0.3 is 11.9 Å². The van der Waals surface area contributed by atoms with Crippen molar-refractivity contribution in [2.75, 3.05) is 31.1 Å². The van der Waals surface area contributed by atoms with E-state index in [1.165, 1.54) is 23.1 Å². The average Bonchev–Trinajstić information content (AvgIpc) is 2.73. The molecule has 0 aromatic heterocycles. The van der Waals surface area contributed by atoms with E-state index in [1.54, 1.807) is 0 Å². The fraction of sp³-hybridized carbons (Fsp3) is 0.333. The van der Waals surface area contributed by atoms with Gasteiger partial charge in [0.2, 0.25) is 19.9 Å². The number of halogens is 5. The van der Waals surface area contributed by atoms with Crippen LogP contribution >= 0.6 is 0 Å². The molecule has 2 aromatic rings. The van der Waals surface area contributed by atoms with Crippen LogP contribution in [0.3, 0.4) is 0 Å². The zero-order chi connectivity index (χ0) is 23.0. The first kappa shape index (κ1) is 23.4. The first-order valence-corrected chi connectivity index (χ1v) is 11.9. The monoisotopic (exact) mass is 484 g/mol. The minimum atomic E-state index is -4.87. The predicted molar refractivity (Wildman–Crippen MR) is 102 cm³/mol. The molecule has 6 nitrogen and oxygen atoms in total. The molecule has 0 aliphatic carbocycles. The van der Waals surface area contributed by atoms with Crippen LogP contribution in [-0.4, -0.2) is 53.1 Å². The van der Waals surface area contributed by atoms with Gasteiger partial charge in [-0.1, -0.05) is 18.2 Å². The van der Waals surface area contributed by atoms with E-state index < -0.39 is 47.1 Å². The van der Waals surface area contributed by atoms with Crippen LogP contribution in [-0.2, 0) is 26.0 Å². The Balaban J connectivity index is 1.83. The molecule has 0 radical (unpaired) electrons. The molecule has 0 bridgehead atoms. The third kappa shape index (κ3) is 4.67. The average molecular weight is 484 g/mol. The number of anilines is 1. The molecule has 1 aliphatic rings. The quantitative estimate of drug-likeness (QED) is 0.610. The number of nitrogens with zero attached hydrogens (tertiary/aromatic N) is 2.